The number of rotatable bonds is 8. The maximum Gasteiger partial charge on any atom is 0.273 e. The smallest absolute Gasteiger partial charge is 0.273 e. The van der Waals surface area contributed by atoms with Gasteiger partial charge in [0.05, 0.1) is 17.5 Å². The Balaban J connectivity index is 1.38. The fourth-order valence-corrected chi connectivity index (χ4v) is 4.49. The summed E-state index contributed by atoms with van der Waals surface area (Å²) in [5.41, 5.74) is 5.24. The highest BCUT2D eigenvalue weighted by atomic mass is 79.9. The Hall–Kier alpha value is -3.40. The quantitative estimate of drug-likeness (QED) is 0.269. The molecule has 1 aliphatic heterocycles. The van der Waals surface area contributed by atoms with E-state index < -0.39 is 5.91 Å². The van der Waals surface area contributed by atoms with Gasteiger partial charge in [-0.3, -0.25) is 14.5 Å². The number of nitrogens with one attached hydrogen (secondary N) is 2. The third-order valence-corrected chi connectivity index (χ3v) is 6.81. The molecule has 0 atom stereocenters. The van der Waals surface area contributed by atoms with Crippen molar-refractivity contribution in [1.82, 2.24) is 10.3 Å². The Morgan fingerprint density at radius 1 is 1.03 bits per heavy atom. The largest absolute Gasteiger partial charge is 0.396 e. The number of hydrazone groups is 1. The summed E-state index contributed by atoms with van der Waals surface area (Å²) in [6.07, 6.45) is 3.40. The number of likely N-dealkylation sites (tertiary alicyclic amines) is 1. The lowest BCUT2D eigenvalue weighted by Gasteiger charge is -2.31. The van der Waals surface area contributed by atoms with E-state index in [0.29, 0.717) is 27.2 Å². The number of hydrogen-bond acceptors (Lipinski definition) is 5. The van der Waals surface area contributed by atoms with E-state index in [0.717, 1.165) is 38.0 Å². The van der Waals surface area contributed by atoms with Crippen LogP contribution in [0.25, 0.3) is 0 Å². The SMILES string of the molecule is O=C(Nc1ccc(Br)cc1C(=O)N/N=C/c1ccc(F)cc1)c1ccc(CN2CCC(CO)CC2)cc1. The van der Waals surface area contributed by atoms with E-state index in [1.165, 1.54) is 18.3 Å². The number of benzene rings is 3. The number of carbonyl (C=O) groups excluding carboxylic acids is 2. The number of piperidine rings is 1. The molecule has 37 heavy (non-hydrogen) atoms. The van der Waals surface area contributed by atoms with E-state index >= 15 is 0 Å². The van der Waals surface area contributed by atoms with E-state index in [9.17, 15) is 19.1 Å². The Morgan fingerprint density at radius 2 is 1.73 bits per heavy atom. The summed E-state index contributed by atoms with van der Waals surface area (Å²) in [4.78, 5) is 28.1. The van der Waals surface area contributed by atoms with Crippen LogP contribution >= 0.6 is 15.9 Å². The van der Waals surface area contributed by atoms with Crippen molar-refractivity contribution in [3.05, 3.63) is 99.3 Å². The van der Waals surface area contributed by atoms with E-state index in [1.54, 1.807) is 42.5 Å². The van der Waals surface area contributed by atoms with E-state index in [4.69, 9.17) is 0 Å². The summed E-state index contributed by atoms with van der Waals surface area (Å²) in [5, 5.41) is 16.1. The number of aliphatic hydroxyl groups is 1. The van der Waals surface area contributed by atoms with Gasteiger partial charge in [0.15, 0.2) is 0 Å². The molecule has 7 nitrogen and oxygen atoms in total. The molecule has 3 N–H and O–H groups in total. The van der Waals surface area contributed by atoms with Gasteiger partial charge in [-0.15, -0.1) is 0 Å². The van der Waals surface area contributed by atoms with Crippen molar-refractivity contribution >= 4 is 39.6 Å². The first-order valence-corrected chi connectivity index (χ1v) is 12.8. The molecule has 9 heteroatoms. The van der Waals surface area contributed by atoms with E-state index in [2.05, 4.69) is 36.7 Å². The lowest BCUT2D eigenvalue weighted by Crippen LogP contribution is -2.34. The molecule has 3 aromatic carbocycles. The van der Waals surface area contributed by atoms with Crippen LogP contribution in [0.3, 0.4) is 0 Å². The molecule has 1 aliphatic rings. The van der Waals surface area contributed by atoms with Gasteiger partial charge < -0.3 is 10.4 Å². The number of hydrogen-bond donors (Lipinski definition) is 3. The monoisotopic (exact) mass is 566 g/mol. The molecule has 0 aromatic heterocycles. The second-order valence-electron chi connectivity index (χ2n) is 8.99. The molecule has 192 valence electrons. The summed E-state index contributed by atoms with van der Waals surface area (Å²) in [7, 11) is 0. The van der Waals surface area contributed by atoms with Crippen molar-refractivity contribution in [3.8, 4) is 0 Å². The topological polar surface area (TPSA) is 94.0 Å². The Kier molecular flexibility index (Phi) is 9.16. The first kappa shape index (κ1) is 26.7. The molecule has 1 heterocycles. The first-order valence-electron chi connectivity index (χ1n) is 12.0. The van der Waals surface area contributed by atoms with E-state index in [1.807, 2.05) is 12.1 Å². The van der Waals surface area contributed by atoms with Crippen molar-refractivity contribution < 1.29 is 19.1 Å². The van der Waals surface area contributed by atoms with Crippen LogP contribution in [-0.2, 0) is 6.54 Å². The molecule has 2 amide bonds. The van der Waals surface area contributed by atoms with Gasteiger partial charge in [-0.25, -0.2) is 9.82 Å². The fraction of sp³-hybridized carbons (Fsp3) is 0.250. The zero-order chi connectivity index (χ0) is 26.2. The molecule has 0 radical (unpaired) electrons. The van der Waals surface area contributed by atoms with E-state index in [-0.39, 0.29) is 23.9 Å². The van der Waals surface area contributed by atoms with Crippen LogP contribution in [0.5, 0.6) is 0 Å². The predicted octanol–water partition coefficient (Wildman–Crippen LogP) is 4.81. The maximum absolute atomic E-state index is 13.0. The maximum atomic E-state index is 13.0. The highest BCUT2D eigenvalue weighted by molar-refractivity contribution is 9.10. The third-order valence-electron chi connectivity index (χ3n) is 6.31. The molecule has 0 unspecified atom stereocenters. The Bertz CT molecular complexity index is 1260. The van der Waals surface area contributed by atoms with Gasteiger partial charge in [0.2, 0.25) is 0 Å². The van der Waals surface area contributed by atoms with Crippen molar-refractivity contribution in [2.75, 3.05) is 25.0 Å². The summed E-state index contributed by atoms with van der Waals surface area (Å²) >= 11 is 3.36. The van der Waals surface area contributed by atoms with Crippen molar-refractivity contribution in [2.45, 2.75) is 19.4 Å². The van der Waals surface area contributed by atoms with Crippen molar-refractivity contribution in [3.63, 3.8) is 0 Å². The highest BCUT2D eigenvalue weighted by Gasteiger charge is 2.19. The predicted molar refractivity (Wildman–Crippen MR) is 145 cm³/mol. The highest BCUT2D eigenvalue weighted by Crippen LogP contribution is 2.23. The lowest BCUT2D eigenvalue weighted by molar-refractivity contribution is 0.0956. The summed E-state index contributed by atoms with van der Waals surface area (Å²) < 4.78 is 13.7. The molecule has 0 bridgehead atoms. The Labute approximate surface area is 223 Å². The minimum Gasteiger partial charge on any atom is -0.396 e. The molecular weight excluding hydrogens is 539 g/mol. The van der Waals surface area contributed by atoms with Crippen LogP contribution in [0.1, 0.15) is 44.7 Å². The Morgan fingerprint density at radius 3 is 2.41 bits per heavy atom. The van der Waals surface area contributed by atoms with Crippen molar-refractivity contribution in [2.24, 2.45) is 11.0 Å². The van der Waals surface area contributed by atoms with Crippen LogP contribution < -0.4 is 10.7 Å². The van der Waals surface area contributed by atoms with Crippen LogP contribution in [0, 0.1) is 11.7 Å². The minimum atomic E-state index is -0.504. The second kappa shape index (κ2) is 12.7. The zero-order valence-electron chi connectivity index (χ0n) is 20.2. The standard InChI is InChI=1S/C28H28BrFN4O3/c29-23-7-10-26(25(15-23)28(37)33-31-16-19-3-8-24(30)9-4-19)32-27(36)22-5-1-20(2-6-22)17-34-13-11-21(18-35)12-14-34/h1-10,15-16,21,35H,11-14,17-18H2,(H,32,36)(H,33,37)/b31-16+. The number of nitrogens with zero attached hydrogens (tertiary/aromatic N) is 2. The number of anilines is 1. The van der Waals surface area contributed by atoms with Crippen molar-refractivity contribution in [1.29, 1.82) is 0 Å². The average Bonchev–Trinajstić information content (AvgIpc) is 2.91. The van der Waals surface area contributed by atoms with Crippen LogP contribution in [0.4, 0.5) is 10.1 Å². The number of halogens is 2. The molecule has 1 fully saturated rings. The minimum absolute atomic E-state index is 0.238. The average molecular weight is 567 g/mol. The number of aliphatic hydroxyl groups excluding tert-OH is 1. The fourth-order valence-electron chi connectivity index (χ4n) is 4.13. The summed E-state index contributed by atoms with van der Waals surface area (Å²) in [5.74, 6) is -0.796. The van der Waals surface area contributed by atoms with Gasteiger partial charge in [0.25, 0.3) is 11.8 Å². The van der Waals surface area contributed by atoms with Gasteiger partial charge >= 0.3 is 0 Å². The number of amides is 2. The molecule has 3 aromatic rings. The molecular formula is C28H28BrFN4O3. The van der Waals surface area contributed by atoms with Gasteiger partial charge in [0, 0.05) is 23.2 Å². The molecule has 4 rings (SSSR count). The normalized spacial score (nSPS) is 14.6. The number of carbonyl (C=O) groups is 2. The van der Waals surface area contributed by atoms with Gasteiger partial charge in [-0.1, -0.05) is 40.2 Å². The third kappa shape index (κ3) is 7.55. The van der Waals surface area contributed by atoms with Gasteiger partial charge in [-0.05, 0) is 85.4 Å². The molecule has 0 aliphatic carbocycles. The van der Waals surface area contributed by atoms with Gasteiger partial charge in [0.1, 0.15) is 5.82 Å². The van der Waals surface area contributed by atoms with Crippen LogP contribution in [-0.4, -0.2) is 47.7 Å². The van der Waals surface area contributed by atoms with Crippen LogP contribution in [0.2, 0.25) is 0 Å². The summed E-state index contributed by atoms with van der Waals surface area (Å²) in [6, 6.07) is 18.1. The first-order chi connectivity index (χ1) is 17.9. The summed E-state index contributed by atoms with van der Waals surface area (Å²) in [6.45, 7) is 2.96. The van der Waals surface area contributed by atoms with Crippen LogP contribution in [0.15, 0.2) is 76.3 Å². The molecule has 0 spiro atoms. The second-order valence-corrected chi connectivity index (χ2v) is 9.91. The van der Waals surface area contributed by atoms with Gasteiger partial charge in [-0.2, -0.15) is 5.10 Å². The molecule has 1 saturated heterocycles. The lowest BCUT2D eigenvalue weighted by atomic mass is 9.97. The molecule has 0 saturated carbocycles. The zero-order valence-corrected chi connectivity index (χ0v) is 21.7.